The Morgan fingerprint density at radius 2 is 1.95 bits per heavy atom. The molecule has 1 aromatic heterocycles. The molecule has 0 aliphatic carbocycles. The Hall–Kier alpha value is -2.36. The van der Waals surface area contributed by atoms with Gasteiger partial charge in [-0.15, -0.1) is 0 Å². The first-order valence-corrected chi connectivity index (χ1v) is 6.54. The molecule has 1 N–H and O–H groups in total. The average molecular weight is 269 g/mol. The molecule has 2 rings (SSSR count). The first-order chi connectivity index (χ1) is 9.61. The first kappa shape index (κ1) is 14.1. The van der Waals surface area contributed by atoms with Gasteiger partial charge in [-0.3, -0.25) is 9.78 Å². The van der Waals surface area contributed by atoms with E-state index >= 15 is 0 Å². The molecule has 20 heavy (non-hydrogen) atoms. The monoisotopic (exact) mass is 269 g/mol. The van der Waals surface area contributed by atoms with Crippen molar-refractivity contribution in [2.45, 2.75) is 13.5 Å². The van der Waals surface area contributed by atoms with Gasteiger partial charge in [0.25, 0.3) is 5.91 Å². The summed E-state index contributed by atoms with van der Waals surface area (Å²) in [5.74, 6) is 0.0296. The van der Waals surface area contributed by atoms with Crippen LogP contribution in [0.4, 0.5) is 5.69 Å². The van der Waals surface area contributed by atoms with Crippen LogP contribution in [0.5, 0.6) is 0 Å². The van der Waals surface area contributed by atoms with Crippen molar-refractivity contribution in [1.29, 1.82) is 0 Å². The van der Waals surface area contributed by atoms with Crippen molar-refractivity contribution in [3.63, 3.8) is 0 Å². The summed E-state index contributed by atoms with van der Waals surface area (Å²) in [6.45, 7) is 2.53. The van der Waals surface area contributed by atoms with E-state index in [1.54, 1.807) is 17.3 Å². The molecule has 1 amide bonds. The summed E-state index contributed by atoms with van der Waals surface area (Å²) in [6, 6.07) is 9.60. The number of carbonyl (C=O) groups is 1. The molecule has 2 aromatic rings. The highest BCUT2D eigenvalue weighted by atomic mass is 16.2. The fourth-order valence-electron chi connectivity index (χ4n) is 2.10. The topological polar surface area (TPSA) is 45.2 Å². The Bertz CT molecular complexity index is 596. The van der Waals surface area contributed by atoms with E-state index in [2.05, 4.69) is 10.3 Å². The third kappa shape index (κ3) is 3.15. The number of pyridine rings is 1. The number of aromatic nitrogens is 1. The highest BCUT2D eigenvalue weighted by molar-refractivity contribution is 5.95. The fourth-order valence-corrected chi connectivity index (χ4v) is 2.10. The van der Waals surface area contributed by atoms with E-state index in [0.29, 0.717) is 6.54 Å². The van der Waals surface area contributed by atoms with Gasteiger partial charge in [0.15, 0.2) is 0 Å². The Balaban J connectivity index is 2.14. The summed E-state index contributed by atoms with van der Waals surface area (Å²) in [7, 11) is 3.68. The smallest absolute Gasteiger partial charge is 0.254 e. The van der Waals surface area contributed by atoms with Crippen LogP contribution in [0, 0.1) is 6.92 Å². The number of hydrogen-bond donors (Lipinski definition) is 1. The van der Waals surface area contributed by atoms with E-state index in [-0.39, 0.29) is 5.91 Å². The summed E-state index contributed by atoms with van der Waals surface area (Å²) in [6.07, 6.45) is 3.47. The molecule has 1 heterocycles. The van der Waals surface area contributed by atoms with Crippen molar-refractivity contribution in [2.24, 2.45) is 0 Å². The normalized spacial score (nSPS) is 10.2. The third-order valence-electron chi connectivity index (χ3n) is 3.26. The molecule has 0 radical (unpaired) electrons. The van der Waals surface area contributed by atoms with Crippen molar-refractivity contribution in [3.8, 4) is 0 Å². The van der Waals surface area contributed by atoms with Crippen LogP contribution >= 0.6 is 0 Å². The van der Waals surface area contributed by atoms with Crippen LogP contribution in [0.15, 0.2) is 42.7 Å². The Morgan fingerprint density at radius 1 is 1.25 bits per heavy atom. The van der Waals surface area contributed by atoms with Crippen LogP contribution in [-0.4, -0.2) is 29.9 Å². The molecular formula is C16H19N3O. The van der Waals surface area contributed by atoms with Crippen LogP contribution in [0.1, 0.15) is 21.5 Å². The lowest BCUT2D eigenvalue weighted by Crippen LogP contribution is -2.26. The minimum Gasteiger partial charge on any atom is -0.388 e. The largest absolute Gasteiger partial charge is 0.388 e. The second kappa shape index (κ2) is 6.19. The van der Waals surface area contributed by atoms with Crippen LogP contribution < -0.4 is 5.32 Å². The number of rotatable bonds is 4. The molecular weight excluding hydrogens is 250 g/mol. The number of nitrogens with one attached hydrogen (secondary N) is 1. The number of nitrogens with zero attached hydrogens (tertiary/aromatic N) is 2. The van der Waals surface area contributed by atoms with Gasteiger partial charge in [-0.25, -0.2) is 0 Å². The zero-order valence-corrected chi connectivity index (χ0v) is 12.1. The number of benzene rings is 1. The van der Waals surface area contributed by atoms with Crippen molar-refractivity contribution in [1.82, 2.24) is 9.88 Å². The lowest BCUT2D eigenvalue weighted by atomic mass is 10.1. The number of aryl methyl sites for hydroxylation is 1. The molecule has 0 aliphatic heterocycles. The maximum Gasteiger partial charge on any atom is 0.254 e. The second-order valence-corrected chi connectivity index (χ2v) is 4.80. The standard InChI is InChI=1S/C16H19N3O/c1-12-10-14(17-2)4-5-15(12)16(20)19(3)11-13-6-8-18-9-7-13/h4-10,17H,11H2,1-3H3. The molecule has 1 aromatic carbocycles. The van der Waals surface area contributed by atoms with Gasteiger partial charge in [-0.2, -0.15) is 0 Å². The summed E-state index contributed by atoms with van der Waals surface area (Å²) in [5.41, 5.74) is 3.79. The third-order valence-corrected chi connectivity index (χ3v) is 3.26. The molecule has 0 unspecified atom stereocenters. The molecule has 4 heteroatoms. The minimum absolute atomic E-state index is 0.0296. The molecule has 0 saturated heterocycles. The SMILES string of the molecule is CNc1ccc(C(=O)N(C)Cc2ccncc2)c(C)c1. The zero-order chi connectivity index (χ0) is 14.5. The quantitative estimate of drug-likeness (QED) is 0.928. The van der Waals surface area contributed by atoms with Gasteiger partial charge >= 0.3 is 0 Å². The Labute approximate surface area is 119 Å². The summed E-state index contributed by atoms with van der Waals surface area (Å²) in [4.78, 5) is 18.2. The Kier molecular flexibility index (Phi) is 4.35. The minimum atomic E-state index is 0.0296. The predicted octanol–water partition coefficient (Wildman–Crippen LogP) is 2.70. The van der Waals surface area contributed by atoms with Gasteiger partial charge in [-0.05, 0) is 48.4 Å². The van der Waals surface area contributed by atoms with E-state index in [4.69, 9.17) is 0 Å². The van der Waals surface area contributed by atoms with Gasteiger partial charge in [0.05, 0.1) is 0 Å². The van der Waals surface area contributed by atoms with Crippen LogP contribution in [0.25, 0.3) is 0 Å². The zero-order valence-electron chi connectivity index (χ0n) is 12.1. The highest BCUT2D eigenvalue weighted by Crippen LogP contribution is 2.17. The maximum absolute atomic E-state index is 12.5. The fraction of sp³-hybridized carbons (Fsp3) is 0.250. The maximum atomic E-state index is 12.5. The van der Waals surface area contributed by atoms with E-state index in [1.807, 2.05) is 51.4 Å². The van der Waals surface area contributed by atoms with Gasteiger partial charge in [0.2, 0.25) is 0 Å². The number of amides is 1. The molecule has 0 saturated carbocycles. The molecule has 0 aliphatic rings. The summed E-state index contributed by atoms with van der Waals surface area (Å²) < 4.78 is 0. The summed E-state index contributed by atoms with van der Waals surface area (Å²) >= 11 is 0. The predicted molar refractivity (Wildman–Crippen MR) is 80.8 cm³/mol. The second-order valence-electron chi connectivity index (χ2n) is 4.80. The highest BCUT2D eigenvalue weighted by Gasteiger charge is 2.14. The van der Waals surface area contributed by atoms with Gasteiger partial charge in [0.1, 0.15) is 0 Å². The average Bonchev–Trinajstić information content (AvgIpc) is 2.47. The van der Waals surface area contributed by atoms with Crippen molar-refractivity contribution >= 4 is 11.6 Å². The first-order valence-electron chi connectivity index (χ1n) is 6.54. The summed E-state index contributed by atoms with van der Waals surface area (Å²) in [5, 5.41) is 3.07. The number of carbonyl (C=O) groups excluding carboxylic acids is 1. The van der Waals surface area contributed by atoms with E-state index < -0.39 is 0 Å². The lowest BCUT2D eigenvalue weighted by Gasteiger charge is -2.18. The van der Waals surface area contributed by atoms with Crippen LogP contribution in [-0.2, 0) is 6.54 Å². The van der Waals surface area contributed by atoms with Crippen molar-refractivity contribution < 1.29 is 4.79 Å². The van der Waals surface area contributed by atoms with E-state index in [0.717, 1.165) is 22.4 Å². The van der Waals surface area contributed by atoms with Crippen molar-refractivity contribution in [2.75, 3.05) is 19.4 Å². The van der Waals surface area contributed by atoms with E-state index in [1.165, 1.54) is 0 Å². The van der Waals surface area contributed by atoms with Crippen LogP contribution in [0.2, 0.25) is 0 Å². The van der Waals surface area contributed by atoms with Gasteiger partial charge < -0.3 is 10.2 Å². The lowest BCUT2D eigenvalue weighted by molar-refractivity contribution is 0.0784. The molecule has 4 nitrogen and oxygen atoms in total. The van der Waals surface area contributed by atoms with Crippen molar-refractivity contribution in [3.05, 3.63) is 59.4 Å². The molecule has 0 fully saturated rings. The van der Waals surface area contributed by atoms with Crippen LogP contribution in [0.3, 0.4) is 0 Å². The van der Waals surface area contributed by atoms with Gasteiger partial charge in [0, 0.05) is 44.3 Å². The van der Waals surface area contributed by atoms with Gasteiger partial charge in [-0.1, -0.05) is 0 Å². The molecule has 0 bridgehead atoms. The van der Waals surface area contributed by atoms with E-state index in [9.17, 15) is 4.79 Å². The molecule has 0 atom stereocenters. The number of hydrogen-bond acceptors (Lipinski definition) is 3. The Morgan fingerprint density at radius 3 is 2.55 bits per heavy atom. The molecule has 104 valence electrons. The number of anilines is 1. The molecule has 0 spiro atoms.